The highest BCUT2D eigenvalue weighted by Crippen LogP contribution is 2.26. The number of ether oxygens (including phenoxy) is 1. The van der Waals surface area contributed by atoms with E-state index in [0.29, 0.717) is 16.9 Å². The maximum absolute atomic E-state index is 11.8. The van der Waals surface area contributed by atoms with Gasteiger partial charge in [0.15, 0.2) is 17.3 Å². The highest BCUT2D eigenvalue weighted by atomic mass is 16.5. The molecule has 0 aliphatic carbocycles. The summed E-state index contributed by atoms with van der Waals surface area (Å²) in [6, 6.07) is 9.69. The molecule has 0 atom stereocenters. The molecule has 0 unspecified atom stereocenters. The Morgan fingerprint density at radius 2 is 1.65 bits per heavy atom. The predicted molar refractivity (Wildman–Crippen MR) is 101 cm³/mol. The van der Waals surface area contributed by atoms with Crippen LogP contribution in [0.15, 0.2) is 60.7 Å². The summed E-state index contributed by atoms with van der Waals surface area (Å²) in [6.07, 6.45) is 9.53. The number of carbonyl (C=O) groups is 1. The number of aliphatic hydroxyl groups excluding tert-OH is 1. The highest BCUT2D eigenvalue weighted by Gasteiger charge is 2.00. The van der Waals surface area contributed by atoms with Crippen molar-refractivity contribution in [2.75, 3.05) is 7.11 Å². The summed E-state index contributed by atoms with van der Waals surface area (Å²) in [5.41, 5.74) is 1.94. The lowest BCUT2D eigenvalue weighted by atomic mass is 10.1. The fourth-order valence-electron chi connectivity index (χ4n) is 2.18. The van der Waals surface area contributed by atoms with E-state index in [1.807, 2.05) is 0 Å². The summed E-state index contributed by atoms with van der Waals surface area (Å²) in [6.45, 7) is -0.270. The molecule has 2 rings (SSSR count). The predicted octanol–water partition coefficient (Wildman–Crippen LogP) is 3.45. The lowest BCUT2D eigenvalue weighted by Gasteiger charge is -2.03. The van der Waals surface area contributed by atoms with Crippen molar-refractivity contribution >= 4 is 17.9 Å². The third-order valence-corrected chi connectivity index (χ3v) is 3.58. The van der Waals surface area contributed by atoms with Crippen molar-refractivity contribution in [2.45, 2.75) is 6.61 Å². The van der Waals surface area contributed by atoms with Crippen LogP contribution in [0.4, 0.5) is 0 Å². The minimum absolute atomic E-state index is 0.0203. The zero-order valence-corrected chi connectivity index (χ0v) is 14.3. The zero-order chi connectivity index (χ0) is 18.9. The molecule has 5 nitrogen and oxygen atoms in total. The van der Waals surface area contributed by atoms with Gasteiger partial charge in [-0.2, -0.15) is 0 Å². The Labute approximate surface area is 151 Å². The van der Waals surface area contributed by atoms with Crippen molar-refractivity contribution in [3.05, 3.63) is 77.4 Å². The third-order valence-electron chi connectivity index (χ3n) is 3.58. The van der Waals surface area contributed by atoms with Crippen molar-refractivity contribution in [2.24, 2.45) is 0 Å². The Kier molecular flexibility index (Phi) is 6.76. The van der Waals surface area contributed by atoms with Gasteiger partial charge in [0, 0.05) is 5.56 Å². The van der Waals surface area contributed by atoms with E-state index in [4.69, 9.17) is 9.84 Å². The van der Waals surface area contributed by atoms with Crippen LogP contribution in [0.1, 0.15) is 16.7 Å². The van der Waals surface area contributed by atoms with Gasteiger partial charge in [0.1, 0.15) is 5.75 Å². The summed E-state index contributed by atoms with van der Waals surface area (Å²) < 4.78 is 5.03. The molecule has 0 radical (unpaired) electrons. The first-order chi connectivity index (χ1) is 12.5. The molecule has 0 saturated heterocycles. The number of allylic oxidation sites excluding steroid dienone is 4. The number of carbonyl (C=O) groups excluding carboxylic acids is 1. The fraction of sp³-hybridized carbons (Fsp3) is 0.0952. The minimum Gasteiger partial charge on any atom is -0.508 e. The number of phenolic OH excluding ortho intramolecular Hbond substituents is 1. The first-order valence-electron chi connectivity index (χ1n) is 7.90. The number of benzene rings is 2. The molecule has 0 amide bonds. The Morgan fingerprint density at radius 3 is 2.35 bits per heavy atom. The minimum atomic E-state index is -0.270. The zero-order valence-electron chi connectivity index (χ0n) is 14.3. The summed E-state index contributed by atoms with van der Waals surface area (Å²) >= 11 is 0. The number of hydrogen-bond acceptors (Lipinski definition) is 5. The number of aliphatic hydroxyl groups is 1. The summed E-state index contributed by atoms with van der Waals surface area (Å²) in [5.74, 6) is 0.272. The number of rotatable bonds is 7. The molecule has 2 aromatic rings. The van der Waals surface area contributed by atoms with E-state index >= 15 is 0 Å². The average molecular weight is 352 g/mol. The second kappa shape index (κ2) is 9.25. The maximum Gasteiger partial charge on any atom is 0.178 e. The van der Waals surface area contributed by atoms with Gasteiger partial charge < -0.3 is 20.1 Å². The molecule has 0 aromatic heterocycles. The van der Waals surface area contributed by atoms with E-state index in [-0.39, 0.29) is 23.9 Å². The normalized spacial score (nSPS) is 11.6. The molecular weight excluding hydrogens is 332 g/mol. The van der Waals surface area contributed by atoms with Crippen molar-refractivity contribution in [1.82, 2.24) is 0 Å². The van der Waals surface area contributed by atoms with Crippen LogP contribution in [-0.2, 0) is 11.4 Å². The standard InChI is InChI=1S/C21H20O5/c1-26-21-13-15(8-11-20(21)25)4-2-3-5-18(23)9-6-16-7-10-19(24)17(12-16)14-22/h2-13,22,24-25H,14H2,1H3. The number of ketones is 1. The van der Waals surface area contributed by atoms with Gasteiger partial charge in [-0.3, -0.25) is 4.79 Å². The van der Waals surface area contributed by atoms with Crippen LogP contribution in [0.5, 0.6) is 17.2 Å². The molecule has 26 heavy (non-hydrogen) atoms. The van der Waals surface area contributed by atoms with Crippen LogP contribution >= 0.6 is 0 Å². The van der Waals surface area contributed by atoms with Gasteiger partial charge in [-0.05, 0) is 47.5 Å². The summed E-state index contributed by atoms with van der Waals surface area (Å²) in [7, 11) is 1.48. The lowest BCUT2D eigenvalue weighted by molar-refractivity contribution is -0.110. The SMILES string of the molecule is COc1cc(C=CC=CC(=O)C=Cc2ccc(O)c(CO)c2)ccc1O. The van der Waals surface area contributed by atoms with Crippen molar-refractivity contribution in [1.29, 1.82) is 0 Å². The van der Waals surface area contributed by atoms with Gasteiger partial charge in [-0.15, -0.1) is 0 Å². The van der Waals surface area contributed by atoms with Gasteiger partial charge in [0.05, 0.1) is 13.7 Å². The van der Waals surface area contributed by atoms with E-state index in [9.17, 15) is 15.0 Å². The van der Waals surface area contributed by atoms with Crippen LogP contribution in [0, 0.1) is 0 Å². The summed E-state index contributed by atoms with van der Waals surface area (Å²) in [4.78, 5) is 11.8. The van der Waals surface area contributed by atoms with E-state index in [1.54, 1.807) is 48.6 Å². The molecule has 0 heterocycles. The van der Waals surface area contributed by atoms with Crippen LogP contribution in [-0.4, -0.2) is 28.2 Å². The van der Waals surface area contributed by atoms with Gasteiger partial charge in [0.25, 0.3) is 0 Å². The molecule has 0 aliphatic heterocycles. The molecule has 2 aromatic carbocycles. The van der Waals surface area contributed by atoms with Crippen LogP contribution in [0.3, 0.4) is 0 Å². The smallest absolute Gasteiger partial charge is 0.178 e. The van der Waals surface area contributed by atoms with Crippen molar-refractivity contribution in [3.63, 3.8) is 0 Å². The Bertz CT molecular complexity index is 863. The Balaban J connectivity index is 1.97. The molecule has 3 N–H and O–H groups in total. The number of hydrogen-bond donors (Lipinski definition) is 3. The van der Waals surface area contributed by atoms with E-state index in [0.717, 1.165) is 5.56 Å². The Hall–Kier alpha value is -3.31. The Morgan fingerprint density at radius 1 is 0.962 bits per heavy atom. The lowest BCUT2D eigenvalue weighted by Crippen LogP contribution is -1.87. The second-order valence-electron chi connectivity index (χ2n) is 5.43. The topological polar surface area (TPSA) is 87.0 Å². The highest BCUT2D eigenvalue weighted by molar-refractivity contribution is 6.02. The summed E-state index contributed by atoms with van der Waals surface area (Å²) in [5, 5.41) is 28.2. The molecule has 0 spiro atoms. The van der Waals surface area contributed by atoms with Crippen LogP contribution in [0.25, 0.3) is 12.2 Å². The molecular formula is C21H20O5. The quantitative estimate of drug-likeness (QED) is 0.525. The van der Waals surface area contributed by atoms with Crippen LogP contribution < -0.4 is 4.74 Å². The molecule has 5 heteroatoms. The largest absolute Gasteiger partial charge is 0.508 e. The average Bonchev–Trinajstić information content (AvgIpc) is 2.65. The monoisotopic (exact) mass is 352 g/mol. The number of methoxy groups -OCH3 is 1. The fourth-order valence-corrected chi connectivity index (χ4v) is 2.18. The first-order valence-corrected chi connectivity index (χ1v) is 7.90. The molecule has 134 valence electrons. The van der Waals surface area contributed by atoms with Crippen LogP contribution in [0.2, 0.25) is 0 Å². The number of aromatic hydroxyl groups is 2. The first kappa shape index (κ1) is 19.0. The van der Waals surface area contributed by atoms with Crippen molar-refractivity contribution in [3.8, 4) is 17.2 Å². The third kappa shape index (κ3) is 5.36. The van der Waals surface area contributed by atoms with Crippen molar-refractivity contribution < 1.29 is 24.9 Å². The van der Waals surface area contributed by atoms with Gasteiger partial charge >= 0.3 is 0 Å². The van der Waals surface area contributed by atoms with E-state index in [2.05, 4.69) is 0 Å². The molecule has 0 fully saturated rings. The van der Waals surface area contributed by atoms with Gasteiger partial charge in [-0.25, -0.2) is 0 Å². The maximum atomic E-state index is 11.8. The molecule has 0 bridgehead atoms. The molecule has 0 aliphatic rings. The van der Waals surface area contributed by atoms with Gasteiger partial charge in [0.2, 0.25) is 0 Å². The molecule has 0 saturated carbocycles. The van der Waals surface area contributed by atoms with Gasteiger partial charge in [-0.1, -0.05) is 36.4 Å². The van der Waals surface area contributed by atoms with E-state index < -0.39 is 0 Å². The second-order valence-corrected chi connectivity index (χ2v) is 5.43. The number of phenols is 2. The van der Waals surface area contributed by atoms with E-state index in [1.165, 1.54) is 31.4 Å².